The van der Waals surface area contributed by atoms with Crippen LogP contribution < -0.4 is 11.1 Å². The Kier molecular flexibility index (Phi) is 3.11. The molecule has 62 valence electrons. The first-order valence-corrected chi connectivity index (χ1v) is 4.04. The van der Waals surface area contributed by atoms with E-state index < -0.39 is 0 Å². The van der Waals surface area contributed by atoms with Crippen LogP contribution in [0.2, 0.25) is 0 Å². The Labute approximate surface area is 67.2 Å². The summed E-state index contributed by atoms with van der Waals surface area (Å²) in [5.41, 5.74) is 6.50. The average molecular weight is 153 g/mol. The lowest BCUT2D eigenvalue weighted by atomic mass is 10.0. The molecule has 1 fully saturated rings. The second kappa shape index (κ2) is 4.13. The van der Waals surface area contributed by atoms with Gasteiger partial charge in [0, 0.05) is 18.0 Å². The Morgan fingerprint density at radius 3 is 2.91 bits per heavy atom. The topological polar surface area (TPSA) is 61.9 Å². The van der Waals surface area contributed by atoms with E-state index in [-0.39, 0.29) is 0 Å². The molecule has 1 aliphatic heterocycles. The van der Waals surface area contributed by atoms with Crippen molar-refractivity contribution in [3.63, 3.8) is 0 Å². The Balaban J connectivity index is 2.44. The predicted octanol–water partition coefficient (Wildman–Crippen LogP) is 0.621. The molecule has 0 aromatic heterocycles. The Morgan fingerprint density at radius 2 is 2.36 bits per heavy atom. The van der Waals surface area contributed by atoms with Crippen molar-refractivity contribution < 1.29 is 0 Å². The van der Waals surface area contributed by atoms with Gasteiger partial charge in [0.1, 0.15) is 0 Å². The zero-order valence-electron chi connectivity index (χ0n) is 6.64. The fourth-order valence-electron chi connectivity index (χ4n) is 1.35. The van der Waals surface area contributed by atoms with Crippen LogP contribution in [0.4, 0.5) is 0 Å². The minimum atomic E-state index is 0.311. The van der Waals surface area contributed by atoms with E-state index in [2.05, 4.69) is 5.32 Å². The van der Waals surface area contributed by atoms with E-state index in [4.69, 9.17) is 11.1 Å². The molecule has 1 heterocycles. The first-order chi connectivity index (χ1) is 5.34. The third kappa shape index (κ3) is 2.35. The van der Waals surface area contributed by atoms with Crippen molar-refractivity contribution in [2.75, 3.05) is 6.54 Å². The van der Waals surface area contributed by atoms with Crippen molar-refractivity contribution in [1.29, 1.82) is 5.41 Å². The molecule has 0 aromatic rings. The molecule has 0 aromatic carbocycles. The number of nitrogens with one attached hydrogen (secondary N) is 2. The van der Waals surface area contributed by atoms with Crippen molar-refractivity contribution >= 4 is 6.21 Å². The molecule has 3 nitrogen and oxygen atoms in total. The van der Waals surface area contributed by atoms with Crippen molar-refractivity contribution in [3.8, 4) is 0 Å². The van der Waals surface area contributed by atoms with E-state index in [0.717, 1.165) is 18.7 Å². The summed E-state index contributed by atoms with van der Waals surface area (Å²) in [6.07, 6.45) is 6.49. The van der Waals surface area contributed by atoms with Gasteiger partial charge < -0.3 is 16.5 Å². The molecule has 0 bridgehead atoms. The van der Waals surface area contributed by atoms with Gasteiger partial charge in [-0.1, -0.05) is 6.42 Å². The van der Waals surface area contributed by atoms with E-state index >= 15 is 0 Å². The number of rotatable bonds is 2. The van der Waals surface area contributed by atoms with E-state index in [1.54, 1.807) is 6.08 Å². The van der Waals surface area contributed by atoms with Gasteiger partial charge in [-0.25, -0.2) is 0 Å². The van der Waals surface area contributed by atoms with E-state index in [0.29, 0.717) is 6.04 Å². The summed E-state index contributed by atoms with van der Waals surface area (Å²) in [6, 6.07) is 0.311. The van der Waals surface area contributed by atoms with Gasteiger partial charge in [0.25, 0.3) is 0 Å². The first-order valence-electron chi connectivity index (χ1n) is 4.04. The van der Waals surface area contributed by atoms with Crippen LogP contribution in [-0.4, -0.2) is 18.8 Å². The van der Waals surface area contributed by atoms with Crippen LogP contribution in [0.3, 0.4) is 0 Å². The van der Waals surface area contributed by atoms with Crippen LogP contribution in [0.5, 0.6) is 0 Å². The highest BCUT2D eigenvalue weighted by Crippen LogP contribution is 2.10. The highest BCUT2D eigenvalue weighted by Gasteiger charge is 2.13. The second-order valence-corrected chi connectivity index (χ2v) is 2.84. The fraction of sp³-hybridized carbons (Fsp3) is 0.625. The van der Waals surface area contributed by atoms with Gasteiger partial charge in [0.2, 0.25) is 0 Å². The molecule has 4 N–H and O–H groups in total. The van der Waals surface area contributed by atoms with Crippen molar-refractivity contribution in [2.24, 2.45) is 5.73 Å². The maximum absolute atomic E-state index is 6.84. The van der Waals surface area contributed by atoms with Gasteiger partial charge in [0.05, 0.1) is 0 Å². The maximum Gasteiger partial charge on any atom is 0.0468 e. The lowest BCUT2D eigenvalue weighted by Gasteiger charge is -2.23. The summed E-state index contributed by atoms with van der Waals surface area (Å²) >= 11 is 0. The summed E-state index contributed by atoms with van der Waals surface area (Å²) in [7, 11) is 0. The van der Waals surface area contributed by atoms with Gasteiger partial charge in [0.15, 0.2) is 0 Å². The van der Waals surface area contributed by atoms with Crippen molar-refractivity contribution in [2.45, 2.75) is 25.3 Å². The standard InChI is InChI=1S/C8H15N3/c9-5-4-7(10)8-3-1-2-6-11-8/h4-5,8-9,11H,1-3,6,10H2/b7-4-,9-5?. The summed E-state index contributed by atoms with van der Waals surface area (Å²) in [5.74, 6) is 0. The molecular formula is C8H15N3. The largest absolute Gasteiger partial charge is 0.401 e. The van der Waals surface area contributed by atoms with Crippen LogP contribution in [0, 0.1) is 5.41 Å². The molecule has 11 heavy (non-hydrogen) atoms. The monoisotopic (exact) mass is 153 g/mol. The molecule has 1 atom stereocenters. The molecule has 0 radical (unpaired) electrons. The van der Waals surface area contributed by atoms with E-state index in [1.807, 2.05) is 0 Å². The molecule has 0 aliphatic carbocycles. The molecule has 3 heteroatoms. The van der Waals surface area contributed by atoms with E-state index in [1.165, 1.54) is 19.1 Å². The van der Waals surface area contributed by atoms with Gasteiger partial charge in [-0.05, 0) is 25.5 Å². The molecule has 1 rings (SSSR count). The lowest BCUT2D eigenvalue weighted by molar-refractivity contribution is 0.438. The second-order valence-electron chi connectivity index (χ2n) is 2.84. The lowest BCUT2D eigenvalue weighted by Crippen LogP contribution is -2.38. The SMILES string of the molecule is N=C/C=C(\N)C1CCCCN1. The minimum Gasteiger partial charge on any atom is -0.401 e. The number of piperidine rings is 1. The number of hydrogen-bond donors (Lipinski definition) is 3. The smallest absolute Gasteiger partial charge is 0.0468 e. The van der Waals surface area contributed by atoms with Crippen LogP contribution in [0.25, 0.3) is 0 Å². The van der Waals surface area contributed by atoms with Gasteiger partial charge >= 0.3 is 0 Å². The van der Waals surface area contributed by atoms with Crippen molar-refractivity contribution in [1.82, 2.24) is 5.32 Å². The number of allylic oxidation sites excluding steroid dienone is 1. The summed E-state index contributed by atoms with van der Waals surface area (Å²) in [6.45, 7) is 1.05. The third-order valence-corrected chi connectivity index (χ3v) is 1.99. The molecule has 1 unspecified atom stereocenters. The minimum absolute atomic E-state index is 0.311. The first kappa shape index (κ1) is 8.27. The predicted molar refractivity (Wildman–Crippen MR) is 46.7 cm³/mol. The van der Waals surface area contributed by atoms with Gasteiger partial charge in [-0.2, -0.15) is 0 Å². The Bertz CT molecular complexity index is 157. The summed E-state index contributed by atoms with van der Waals surface area (Å²) in [5, 5.41) is 10.1. The molecule has 1 aliphatic rings. The van der Waals surface area contributed by atoms with E-state index in [9.17, 15) is 0 Å². The molecule has 0 saturated carbocycles. The highest BCUT2D eigenvalue weighted by atomic mass is 14.9. The quantitative estimate of drug-likeness (QED) is 0.509. The molecule has 1 saturated heterocycles. The summed E-state index contributed by atoms with van der Waals surface area (Å²) < 4.78 is 0. The number of nitrogens with two attached hydrogens (primary N) is 1. The van der Waals surface area contributed by atoms with Crippen LogP contribution in [-0.2, 0) is 0 Å². The normalized spacial score (nSPS) is 26.5. The molecule has 0 amide bonds. The Morgan fingerprint density at radius 1 is 1.55 bits per heavy atom. The maximum atomic E-state index is 6.84. The van der Waals surface area contributed by atoms with Crippen LogP contribution >= 0.6 is 0 Å². The zero-order valence-corrected chi connectivity index (χ0v) is 6.64. The number of hydrogen-bond acceptors (Lipinski definition) is 3. The van der Waals surface area contributed by atoms with Crippen LogP contribution in [0.1, 0.15) is 19.3 Å². The third-order valence-electron chi connectivity index (χ3n) is 1.99. The fourth-order valence-corrected chi connectivity index (χ4v) is 1.35. The Hall–Kier alpha value is -0.830. The van der Waals surface area contributed by atoms with Crippen LogP contribution in [0.15, 0.2) is 11.8 Å². The van der Waals surface area contributed by atoms with Crippen molar-refractivity contribution in [3.05, 3.63) is 11.8 Å². The van der Waals surface area contributed by atoms with Gasteiger partial charge in [-0.15, -0.1) is 0 Å². The van der Waals surface area contributed by atoms with Gasteiger partial charge in [-0.3, -0.25) is 0 Å². The zero-order chi connectivity index (χ0) is 8.10. The highest BCUT2D eigenvalue weighted by molar-refractivity contribution is 5.68. The molecular weight excluding hydrogens is 138 g/mol. The molecule has 0 spiro atoms. The average Bonchev–Trinajstić information content (AvgIpc) is 2.07. The summed E-state index contributed by atoms with van der Waals surface area (Å²) in [4.78, 5) is 0.